The number of carbonyl (C=O) groups is 1. The summed E-state index contributed by atoms with van der Waals surface area (Å²) in [6.45, 7) is 1.49. The summed E-state index contributed by atoms with van der Waals surface area (Å²) in [5.41, 5.74) is 0.547. The summed E-state index contributed by atoms with van der Waals surface area (Å²) in [6.07, 6.45) is 0. The lowest BCUT2D eigenvalue weighted by molar-refractivity contribution is -0.143. The van der Waals surface area contributed by atoms with Crippen LogP contribution in [0.25, 0.3) is 0 Å². The van der Waals surface area contributed by atoms with Crippen LogP contribution in [0, 0.1) is 0 Å². The van der Waals surface area contributed by atoms with Crippen molar-refractivity contribution in [2.24, 2.45) is 0 Å². The van der Waals surface area contributed by atoms with Crippen molar-refractivity contribution in [3.63, 3.8) is 0 Å². The number of hydrogen-bond acceptors (Lipinski definition) is 4. The van der Waals surface area contributed by atoms with Crippen LogP contribution in [0.5, 0.6) is 5.75 Å². The van der Waals surface area contributed by atoms with Gasteiger partial charge in [0.2, 0.25) is 0 Å². The first-order valence-corrected chi connectivity index (χ1v) is 7.55. The number of carboxylic acid groups (broad SMARTS) is 1. The minimum atomic E-state index is -0.890. The monoisotopic (exact) mass is 301 g/mol. The Bertz CT molecular complexity index is 463. The number of hydrogen-bond donors (Lipinski definition) is 1. The highest BCUT2D eigenvalue weighted by Gasteiger charge is 2.32. The molecular formula is C13H16ClNO3S. The minimum Gasteiger partial charge on any atom is -0.496 e. The van der Waals surface area contributed by atoms with Crippen molar-refractivity contribution in [2.75, 3.05) is 31.7 Å². The summed E-state index contributed by atoms with van der Waals surface area (Å²) in [5, 5.41) is 10.00. The van der Waals surface area contributed by atoms with Crippen LogP contribution in [0.3, 0.4) is 0 Å². The fourth-order valence-corrected chi connectivity index (χ4v) is 3.46. The predicted molar refractivity (Wildman–Crippen MR) is 77.3 cm³/mol. The first-order chi connectivity index (χ1) is 9.15. The van der Waals surface area contributed by atoms with Crippen LogP contribution in [-0.4, -0.2) is 47.7 Å². The van der Waals surface area contributed by atoms with Gasteiger partial charge in [0, 0.05) is 35.2 Å². The average molecular weight is 302 g/mol. The van der Waals surface area contributed by atoms with Gasteiger partial charge in [-0.2, -0.15) is 11.8 Å². The molecule has 1 aliphatic heterocycles. The summed E-state index contributed by atoms with van der Waals surface area (Å²) < 4.78 is 5.27. The zero-order valence-electron chi connectivity index (χ0n) is 10.6. The second-order valence-corrected chi connectivity index (χ2v) is 5.88. The molecule has 1 saturated heterocycles. The van der Waals surface area contributed by atoms with E-state index in [4.69, 9.17) is 16.3 Å². The van der Waals surface area contributed by atoms with Gasteiger partial charge in [-0.1, -0.05) is 17.7 Å². The van der Waals surface area contributed by atoms with Gasteiger partial charge in [-0.3, -0.25) is 9.69 Å². The van der Waals surface area contributed by atoms with Gasteiger partial charge in [0.15, 0.2) is 0 Å². The lowest BCUT2D eigenvalue weighted by Gasteiger charge is -2.32. The van der Waals surface area contributed by atoms with E-state index in [1.165, 1.54) is 7.11 Å². The second kappa shape index (κ2) is 6.50. The molecule has 1 aromatic carbocycles. The number of carboxylic acids is 1. The Balaban J connectivity index is 2.41. The van der Waals surface area contributed by atoms with Gasteiger partial charge in [0.1, 0.15) is 11.8 Å². The maximum atomic E-state index is 11.7. The first-order valence-electron chi connectivity index (χ1n) is 6.02. The quantitative estimate of drug-likeness (QED) is 0.926. The van der Waals surface area contributed by atoms with E-state index in [1.807, 2.05) is 16.7 Å². The molecule has 19 heavy (non-hydrogen) atoms. The Morgan fingerprint density at radius 1 is 1.47 bits per heavy atom. The van der Waals surface area contributed by atoms with E-state index in [1.54, 1.807) is 18.2 Å². The minimum absolute atomic E-state index is 0.435. The molecular weight excluding hydrogens is 286 g/mol. The van der Waals surface area contributed by atoms with Gasteiger partial charge in [0.05, 0.1) is 7.11 Å². The van der Waals surface area contributed by atoms with Crippen LogP contribution in [-0.2, 0) is 4.79 Å². The van der Waals surface area contributed by atoms with E-state index in [9.17, 15) is 9.90 Å². The van der Waals surface area contributed by atoms with Gasteiger partial charge in [-0.05, 0) is 12.1 Å². The van der Waals surface area contributed by atoms with Crippen molar-refractivity contribution >= 4 is 29.3 Å². The molecule has 0 bridgehead atoms. The molecule has 1 heterocycles. The predicted octanol–water partition coefficient (Wildman–Crippen LogP) is 2.52. The molecule has 0 aromatic heterocycles. The Morgan fingerprint density at radius 2 is 2.16 bits per heavy atom. The molecule has 4 nitrogen and oxygen atoms in total. The Hall–Kier alpha value is -0.910. The Kier molecular flexibility index (Phi) is 4.96. The highest BCUT2D eigenvalue weighted by Crippen LogP contribution is 2.36. The number of rotatable bonds is 4. The van der Waals surface area contributed by atoms with E-state index in [0.29, 0.717) is 16.3 Å². The van der Waals surface area contributed by atoms with Gasteiger partial charge >= 0.3 is 5.97 Å². The molecule has 1 unspecified atom stereocenters. The fraction of sp³-hybridized carbons (Fsp3) is 0.462. The third kappa shape index (κ3) is 3.16. The van der Waals surface area contributed by atoms with Crippen molar-refractivity contribution in [1.29, 1.82) is 0 Å². The number of aliphatic carboxylic acids is 1. The molecule has 1 aliphatic rings. The van der Waals surface area contributed by atoms with Crippen LogP contribution in [0.4, 0.5) is 0 Å². The Morgan fingerprint density at radius 3 is 2.74 bits per heavy atom. The normalized spacial score (nSPS) is 18.0. The maximum absolute atomic E-state index is 11.7. The number of nitrogens with zero attached hydrogens (tertiary/aromatic N) is 1. The Labute approximate surface area is 121 Å². The molecule has 0 aliphatic carbocycles. The van der Waals surface area contributed by atoms with Gasteiger partial charge in [0.25, 0.3) is 0 Å². The van der Waals surface area contributed by atoms with Gasteiger partial charge in [-0.15, -0.1) is 0 Å². The molecule has 104 valence electrons. The van der Waals surface area contributed by atoms with Crippen LogP contribution < -0.4 is 4.74 Å². The molecule has 0 spiro atoms. The fourth-order valence-electron chi connectivity index (χ4n) is 2.26. The van der Waals surface area contributed by atoms with Crippen molar-refractivity contribution < 1.29 is 14.6 Å². The van der Waals surface area contributed by atoms with Crippen molar-refractivity contribution in [3.05, 3.63) is 28.8 Å². The van der Waals surface area contributed by atoms with Gasteiger partial charge < -0.3 is 9.84 Å². The zero-order chi connectivity index (χ0) is 13.8. The second-order valence-electron chi connectivity index (χ2n) is 4.24. The summed E-state index contributed by atoms with van der Waals surface area (Å²) in [7, 11) is 1.53. The van der Waals surface area contributed by atoms with Crippen LogP contribution in [0.1, 0.15) is 11.6 Å². The lowest BCUT2D eigenvalue weighted by Crippen LogP contribution is -2.40. The average Bonchev–Trinajstić information content (AvgIpc) is 2.41. The van der Waals surface area contributed by atoms with E-state index in [0.717, 1.165) is 24.6 Å². The maximum Gasteiger partial charge on any atom is 0.325 e. The third-order valence-electron chi connectivity index (χ3n) is 3.15. The number of thioether (sulfide) groups is 1. The molecule has 2 rings (SSSR count). The summed E-state index contributed by atoms with van der Waals surface area (Å²) in [6, 6.07) is 4.46. The number of ether oxygens (including phenoxy) is 1. The topological polar surface area (TPSA) is 49.8 Å². The van der Waals surface area contributed by atoms with Crippen molar-refractivity contribution in [2.45, 2.75) is 6.04 Å². The summed E-state index contributed by atoms with van der Waals surface area (Å²) in [5.74, 6) is 1.52. The molecule has 6 heteroatoms. The lowest BCUT2D eigenvalue weighted by atomic mass is 10.0. The number of benzene rings is 1. The number of halogens is 1. The molecule has 0 radical (unpaired) electrons. The molecule has 0 saturated carbocycles. The van der Waals surface area contributed by atoms with Crippen LogP contribution in [0.2, 0.25) is 5.02 Å². The summed E-state index contributed by atoms with van der Waals surface area (Å²) >= 11 is 8.03. The highest BCUT2D eigenvalue weighted by molar-refractivity contribution is 7.99. The highest BCUT2D eigenvalue weighted by atomic mass is 35.5. The van der Waals surface area contributed by atoms with E-state index >= 15 is 0 Å². The van der Waals surface area contributed by atoms with Gasteiger partial charge in [-0.25, -0.2) is 0 Å². The van der Waals surface area contributed by atoms with Crippen molar-refractivity contribution in [1.82, 2.24) is 4.90 Å². The van der Waals surface area contributed by atoms with E-state index < -0.39 is 12.0 Å². The molecule has 1 atom stereocenters. The third-order valence-corrected chi connectivity index (χ3v) is 4.42. The van der Waals surface area contributed by atoms with Crippen LogP contribution in [0.15, 0.2) is 18.2 Å². The first kappa shape index (κ1) is 14.5. The van der Waals surface area contributed by atoms with E-state index in [-0.39, 0.29) is 0 Å². The molecule has 1 aromatic rings. The largest absolute Gasteiger partial charge is 0.496 e. The van der Waals surface area contributed by atoms with Crippen molar-refractivity contribution in [3.8, 4) is 5.75 Å². The molecule has 1 fully saturated rings. The van der Waals surface area contributed by atoms with Crippen LogP contribution >= 0.6 is 23.4 Å². The molecule has 1 N–H and O–H groups in total. The standard InChI is InChI=1S/C13H16ClNO3S/c1-18-10-4-2-3-9(14)11(10)12(13(16)17)15-5-7-19-8-6-15/h2-4,12H,5-8H2,1H3,(H,16,17). The zero-order valence-corrected chi connectivity index (χ0v) is 12.2. The van der Waals surface area contributed by atoms with E-state index in [2.05, 4.69) is 0 Å². The molecule has 0 amide bonds. The SMILES string of the molecule is COc1cccc(Cl)c1C(C(=O)O)N1CCSCC1. The summed E-state index contributed by atoms with van der Waals surface area (Å²) in [4.78, 5) is 13.6. The number of methoxy groups -OCH3 is 1. The smallest absolute Gasteiger partial charge is 0.325 e.